The fourth-order valence-electron chi connectivity index (χ4n) is 5.86. The van der Waals surface area contributed by atoms with E-state index in [1.807, 2.05) is 54.1 Å². The summed E-state index contributed by atoms with van der Waals surface area (Å²) >= 11 is 0. The first-order valence-corrected chi connectivity index (χ1v) is 15.2. The molecule has 2 aromatic carbocycles. The second-order valence-electron chi connectivity index (χ2n) is 11.9. The number of nitrogens with one attached hydrogen (secondary N) is 3. The molecule has 3 amide bonds. The highest BCUT2D eigenvalue weighted by atomic mass is 16.2. The molecule has 4 rings (SSSR count). The van der Waals surface area contributed by atoms with Gasteiger partial charge in [0, 0.05) is 0 Å². The summed E-state index contributed by atoms with van der Waals surface area (Å²) in [6.45, 7) is 8.55. The molecule has 43 heavy (non-hydrogen) atoms. The Morgan fingerprint density at radius 1 is 1.09 bits per heavy atom. The maximum absolute atomic E-state index is 14.1. The number of hydrogen-bond acceptors (Lipinski definition) is 6. The lowest BCUT2D eigenvalue weighted by atomic mass is 9.84. The predicted molar refractivity (Wildman–Crippen MR) is 168 cm³/mol. The molecule has 1 aliphatic rings. The summed E-state index contributed by atoms with van der Waals surface area (Å²) in [6, 6.07) is 16.8. The zero-order chi connectivity index (χ0) is 31.2. The van der Waals surface area contributed by atoms with Crippen LogP contribution >= 0.6 is 0 Å². The number of rotatable bonds is 13. The minimum absolute atomic E-state index is 0.0300. The van der Waals surface area contributed by atoms with Gasteiger partial charge in [0.1, 0.15) is 23.0 Å². The quantitative estimate of drug-likeness (QED) is 0.191. The maximum Gasteiger partial charge on any atom is 0.257 e. The van der Waals surface area contributed by atoms with Gasteiger partial charge in [0.2, 0.25) is 5.91 Å². The third kappa shape index (κ3) is 6.74. The number of nitrogens with zero attached hydrogens (tertiary/aromatic N) is 2. The molecular weight excluding hydrogens is 542 g/mol. The Morgan fingerprint density at radius 3 is 2.40 bits per heavy atom. The number of primary amides is 1. The molecule has 10 nitrogen and oxygen atoms in total. The second-order valence-corrected chi connectivity index (χ2v) is 11.9. The van der Waals surface area contributed by atoms with Crippen LogP contribution in [-0.4, -0.2) is 40.1 Å². The van der Waals surface area contributed by atoms with Crippen LogP contribution in [0.5, 0.6) is 0 Å². The minimum atomic E-state index is -1.47. The lowest BCUT2D eigenvalue weighted by Crippen LogP contribution is -2.59. The number of aromatic nitrogens is 2. The van der Waals surface area contributed by atoms with E-state index in [1.165, 1.54) is 0 Å². The van der Waals surface area contributed by atoms with E-state index in [1.54, 1.807) is 6.20 Å². The van der Waals surface area contributed by atoms with Crippen molar-refractivity contribution < 1.29 is 14.4 Å². The Hall–Kier alpha value is -4.18. The van der Waals surface area contributed by atoms with E-state index in [2.05, 4.69) is 54.0 Å². The molecule has 1 aromatic heterocycles. The number of aryl methyl sites for hydroxylation is 1. The lowest BCUT2D eigenvalue weighted by molar-refractivity contribution is -0.132. The monoisotopic (exact) mass is 587 g/mol. The van der Waals surface area contributed by atoms with Crippen LogP contribution < -0.4 is 27.4 Å². The molecule has 10 heteroatoms. The number of nitrogens with two attached hydrogens (primary N) is 2. The number of carbonyl (C=O) groups is 3. The Bertz CT molecular complexity index is 1420. The SMILES string of the molecule is CCc1ccc(C(CC)(NC(=O)c2cnn3c2N[C@@H](c2ccccc2)CC3(C)C)C(=O)N[C@@H](CCCCN)C(N)=O)cc1. The highest BCUT2D eigenvalue weighted by Gasteiger charge is 2.43. The van der Waals surface area contributed by atoms with E-state index in [0.29, 0.717) is 42.8 Å². The molecule has 3 atom stereocenters. The largest absolute Gasteiger partial charge is 0.368 e. The molecule has 0 radical (unpaired) electrons. The topological polar surface area (TPSA) is 157 Å². The average Bonchev–Trinajstić information content (AvgIpc) is 3.45. The molecule has 1 aliphatic heterocycles. The summed E-state index contributed by atoms with van der Waals surface area (Å²) in [4.78, 5) is 40.6. The van der Waals surface area contributed by atoms with Crippen LogP contribution in [0.4, 0.5) is 5.82 Å². The molecule has 0 saturated heterocycles. The number of hydrogen-bond donors (Lipinski definition) is 5. The molecule has 0 bridgehead atoms. The normalized spacial score (nSPS) is 17.6. The van der Waals surface area contributed by atoms with E-state index in [0.717, 1.165) is 24.0 Å². The van der Waals surface area contributed by atoms with Gasteiger partial charge in [0.05, 0.1) is 17.8 Å². The first kappa shape index (κ1) is 31.7. The summed E-state index contributed by atoms with van der Waals surface area (Å²) in [5.41, 5.74) is 12.6. The molecule has 230 valence electrons. The van der Waals surface area contributed by atoms with E-state index in [4.69, 9.17) is 11.5 Å². The molecule has 0 fully saturated rings. The molecule has 0 saturated carbocycles. The van der Waals surface area contributed by atoms with Gasteiger partial charge in [-0.15, -0.1) is 0 Å². The summed E-state index contributed by atoms with van der Waals surface area (Å²) in [7, 11) is 0. The van der Waals surface area contributed by atoms with Gasteiger partial charge < -0.3 is 27.4 Å². The van der Waals surface area contributed by atoms with Crippen molar-refractivity contribution in [2.75, 3.05) is 11.9 Å². The molecule has 0 aliphatic carbocycles. The van der Waals surface area contributed by atoms with Crippen molar-refractivity contribution >= 4 is 23.5 Å². The number of benzene rings is 2. The van der Waals surface area contributed by atoms with Gasteiger partial charge >= 0.3 is 0 Å². The molecule has 2 heterocycles. The molecule has 1 unspecified atom stereocenters. The van der Waals surface area contributed by atoms with Gasteiger partial charge in [0.25, 0.3) is 11.8 Å². The van der Waals surface area contributed by atoms with Crippen LogP contribution in [0.1, 0.15) is 92.9 Å². The first-order chi connectivity index (χ1) is 20.6. The Kier molecular flexibility index (Phi) is 9.91. The fourth-order valence-corrected chi connectivity index (χ4v) is 5.86. The highest BCUT2D eigenvalue weighted by Crippen LogP contribution is 2.40. The zero-order valence-corrected chi connectivity index (χ0v) is 25.7. The number of carbonyl (C=O) groups excluding carboxylic acids is 3. The van der Waals surface area contributed by atoms with Crippen molar-refractivity contribution in [2.45, 2.75) is 89.4 Å². The third-order valence-electron chi connectivity index (χ3n) is 8.50. The van der Waals surface area contributed by atoms with Crippen LogP contribution in [0.2, 0.25) is 0 Å². The minimum Gasteiger partial charge on any atom is -0.368 e. The lowest BCUT2D eigenvalue weighted by Gasteiger charge is -2.38. The molecular formula is C33H45N7O3. The number of anilines is 1. The van der Waals surface area contributed by atoms with Crippen LogP contribution in [0, 0.1) is 0 Å². The Labute approximate surface area is 254 Å². The molecule has 7 N–H and O–H groups in total. The molecule has 0 spiro atoms. The van der Waals surface area contributed by atoms with Crippen molar-refractivity contribution in [3.05, 3.63) is 83.0 Å². The number of unbranched alkanes of at least 4 members (excludes halogenated alkanes) is 1. The van der Waals surface area contributed by atoms with Gasteiger partial charge in [0.15, 0.2) is 0 Å². The predicted octanol–water partition coefficient (Wildman–Crippen LogP) is 3.87. The highest BCUT2D eigenvalue weighted by molar-refractivity contribution is 6.03. The summed E-state index contributed by atoms with van der Waals surface area (Å²) in [6.07, 6.45) is 5.08. The Balaban J connectivity index is 1.71. The van der Waals surface area contributed by atoms with Crippen molar-refractivity contribution in [3.8, 4) is 0 Å². The van der Waals surface area contributed by atoms with E-state index >= 15 is 0 Å². The van der Waals surface area contributed by atoms with Crippen LogP contribution in [0.25, 0.3) is 0 Å². The zero-order valence-electron chi connectivity index (χ0n) is 25.7. The van der Waals surface area contributed by atoms with Crippen molar-refractivity contribution in [2.24, 2.45) is 11.5 Å². The van der Waals surface area contributed by atoms with Crippen LogP contribution in [0.15, 0.2) is 60.8 Å². The van der Waals surface area contributed by atoms with Gasteiger partial charge in [-0.1, -0.05) is 68.4 Å². The number of amides is 3. The summed E-state index contributed by atoms with van der Waals surface area (Å²) in [5.74, 6) is -0.993. The summed E-state index contributed by atoms with van der Waals surface area (Å²) < 4.78 is 1.84. The van der Waals surface area contributed by atoms with Crippen molar-refractivity contribution in [3.63, 3.8) is 0 Å². The summed E-state index contributed by atoms with van der Waals surface area (Å²) in [5, 5.41) is 14.0. The average molecular weight is 588 g/mol. The smallest absolute Gasteiger partial charge is 0.257 e. The van der Waals surface area contributed by atoms with E-state index in [9.17, 15) is 14.4 Å². The fraction of sp³-hybridized carbons (Fsp3) is 0.455. The van der Waals surface area contributed by atoms with E-state index < -0.39 is 29.3 Å². The van der Waals surface area contributed by atoms with Gasteiger partial charge in [-0.25, -0.2) is 4.68 Å². The van der Waals surface area contributed by atoms with Crippen molar-refractivity contribution in [1.29, 1.82) is 0 Å². The Morgan fingerprint density at radius 2 is 1.79 bits per heavy atom. The van der Waals surface area contributed by atoms with E-state index in [-0.39, 0.29) is 18.0 Å². The second kappa shape index (κ2) is 13.4. The van der Waals surface area contributed by atoms with Crippen LogP contribution in [0.3, 0.4) is 0 Å². The van der Waals surface area contributed by atoms with Crippen LogP contribution in [-0.2, 0) is 27.1 Å². The maximum atomic E-state index is 14.1. The van der Waals surface area contributed by atoms with Crippen molar-refractivity contribution in [1.82, 2.24) is 20.4 Å². The van der Waals surface area contributed by atoms with Gasteiger partial charge in [-0.3, -0.25) is 14.4 Å². The standard InChI is InChI=1S/C33H45N7O3/c1-5-22-15-17-24(18-16-22)33(6-2,31(43)38-26(28(35)41)14-10-11-19-34)39-30(42)25-21-36-40-29(25)37-27(20-32(40,3)4)23-12-8-7-9-13-23/h7-9,12-13,15-18,21,26-27,37H,5-6,10-11,14,19-20,34H2,1-4H3,(H2,35,41)(H,38,43)(H,39,42)/t26-,27+,33?/m0/s1. The third-order valence-corrected chi connectivity index (χ3v) is 8.50. The van der Waals surface area contributed by atoms with Gasteiger partial charge in [-0.05, 0) is 75.6 Å². The number of fused-ring (bicyclic) bond motifs is 1. The van der Waals surface area contributed by atoms with Gasteiger partial charge in [-0.2, -0.15) is 5.10 Å². The first-order valence-electron chi connectivity index (χ1n) is 15.2. The molecule has 3 aromatic rings.